The van der Waals surface area contributed by atoms with E-state index >= 15 is 0 Å². The molecule has 1 aliphatic heterocycles. The Morgan fingerprint density at radius 1 is 1.33 bits per heavy atom. The van der Waals surface area contributed by atoms with Gasteiger partial charge in [-0.25, -0.2) is 9.97 Å². The van der Waals surface area contributed by atoms with Gasteiger partial charge in [0.15, 0.2) is 5.65 Å². The van der Waals surface area contributed by atoms with Crippen LogP contribution >= 0.6 is 11.8 Å². The molecule has 0 unspecified atom stereocenters. The van der Waals surface area contributed by atoms with Crippen molar-refractivity contribution < 1.29 is 0 Å². The molecule has 2 aromatic heterocycles. The van der Waals surface area contributed by atoms with Crippen LogP contribution in [0, 0.1) is 0 Å². The van der Waals surface area contributed by atoms with Crippen LogP contribution in [0.3, 0.4) is 0 Å². The van der Waals surface area contributed by atoms with Gasteiger partial charge in [0.2, 0.25) is 0 Å². The van der Waals surface area contributed by atoms with Gasteiger partial charge in [0.25, 0.3) is 0 Å². The summed E-state index contributed by atoms with van der Waals surface area (Å²) in [4.78, 5) is 11.3. The highest BCUT2D eigenvalue weighted by Gasteiger charge is 2.14. The van der Waals surface area contributed by atoms with E-state index < -0.39 is 0 Å². The van der Waals surface area contributed by atoms with Crippen molar-refractivity contribution in [1.82, 2.24) is 24.6 Å². The molecule has 1 saturated heterocycles. The maximum Gasteiger partial charge on any atom is 0.163 e. The van der Waals surface area contributed by atoms with Gasteiger partial charge in [-0.1, -0.05) is 0 Å². The standard InChI is InChI=1S/C11H16N6S/c1-16-11-8(6-13-16)10(12)14-9(15-11)7-17-2-4-18-5-3-17/h6H,2-5,7H2,1H3,(H2,12,14,15). The molecular weight excluding hydrogens is 248 g/mol. The van der Waals surface area contributed by atoms with E-state index in [-0.39, 0.29) is 0 Å². The molecule has 0 amide bonds. The average molecular weight is 264 g/mol. The molecule has 1 fully saturated rings. The fourth-order valence-electron chi connectivity index (χ4n) is 2.12. The maximum absolute atomic E-state index is 5.95. The van der Waals surface area contributed by atoms with Crippen LogP contribution in [-0.4, -0.2) is 49.2 Å². The number of fused-ring (bicyclic) bond motifs is 1. The van der Waals surface area contributed by atoms with Crippen LogP contribution in [0.1, 0.15) is 5.82 Å². The van der Waals surface area contributed by atoms with Crippen LogP contribution < -0.4 is 5.73 Å². The summed E-state index contributed by atoms with van der Waals surface area (Å²) in [5.41, 5.74) is 6.76. The van der Waals surface area contributed by atoms with Gasteiger partial charge < -0.3 is 5.73 Å². The number of thioether (sulfide) groups is 1. The maximum atomic E-state index is 5.95. The number of hydrogen-bond donors (Lipinski definition) is 1. The zero-order chi connectivity index (χ0) is 12.5. The number of rotatable bonds is 2. The molecule has 1 aliphatic rings. The molecule has 2 aromatic rings. The van der Waals surface area contributed by atoms with Crippen LogP contribution in [0.25, 0.3) is 11.0 Å². The van der Waals surface area contributed by atoms with Crippen molar-refractivity contribution >= 4 is 28.6 Å². The molecule has 18 heavy (non-hydrogen) atoms. The van der Waals surface area contributed by atoms with Crippen LogP contribution in [0.5, 0.6) is 0 Å². The van der Waals surface area contributed by atoms with Gasteiger partial charge in [-0.05, 0) is 0 Å². The minimum absolute atomic E-state index is 0.523. The quantitative estimate of drug-likeness (QED) is 0.851. The summed E-state index contributed by atoms with van der Waals surface area (Å²) in [5, 5.41) is 4.99. The fraction of sp³-hybridized carbons (Fsp3) is 0.545. The van der Waals surface area contributed by atoms with Gasteiger partial charge >= 0.3 is 0 Å². The third kappa shape index (κ3) is 2.15. The number of aryl methyl sites for hydroxylation is 1. The first-order valence-corrected chi connectivity index (χ1v) is 7.14. The van der Waals surface area contributed by atoms with Gasteiger partial charge in [-0.2, -0.15) is 16.9 Å². The first-order chi connectivity index (χ1) is 8.74. The van der Waals surface area contributed by atoms with Crippen LogP contribution in [0.2, 0.25) is 0 Å². The highest BCUT2D eigenvalue weighted by molar-refractivity contribution is 7.99. The summed E-state index contributed by atoms with van der Waals surface area (Å²) in [6.45, 7) is 2.96. The molecule has 3 heterocycles. The summed E-state index contributed by atoms with van der Waals surface area (Å²) in [6.07, 6.45) is 1.71. The highest BCUT2D eigenvalue weighted by Crippen LogP contribution is 2.18. The van der Waals surface area contributed by atoms with Crippen LogP contribution in [0.4, 0.5) is 5.82 Å². The first kappa shape index (κ1) is 11.7. The number of anilines is 1. The van der Waals surface area contributed by atoms with Gasteiger partial charge in [-0.3, -0.25) is 9.58 Å². The summed E-state index contributed by atoms with van der Waals surface area (Å²) in [5.74, 6) is 3.68. The van der Waals surface area contributed by atoms with Crippen molar-refractivity contribution in [1.29, 1.82) is 0 Å². The minimum Gasteiger partial charge on any atom is -0.383 e. The Morgan fingerprint density at radius 3 is 2.89 bits per heavy atom. The Morgan fingerprint density at radius 2 is 2.11 bits per heavy atom. The molecule has 2 N–H and O–H groups in total. The normalized spacial score (nSPS) is 17.4. The Bertz CT molecular complexity index is 560. The zero-order valence-electron chi connectivity index (χ0n) is 10.3. The molecule has 3 rings (SSSR count). The van der Waals surface area contributed by atoms with E-state index in [1.807, 2.05) is 18.8 Å². The van der Waals surface area contributed by atoms with Gasteiger partial charge in [-0.15, -0.1) is 0 Å². The zero-order valence-corrected chi connectivity index (χ0v) is 11.2. The second kappa shape index (κ2) is 4.74. The lowest BCUT2D eigenvalue weighted by atomic mass is 10.3. The van der Waals surface area contributed by atoms with Gasteiger partial charge in [0, 0.05) is 31.6 Å². The lowest BCUT2D eigenvalue weighted by Gasteiger charge is -2.25. The lowest BCUT2D eigenvalue weighted by Crippen LogP contribution is -2.32. The van der Waals surface area contributed by atoms with E-state index in [9.17, 15) is 0 Å². The van der Waals surface area contributed by atoms with E-state index in [1.54, 1.807) is 10.9 Å². The Hall–Kier alpha value is -1.34. The van der Waals surface area contributed by atoms with E-state index in [4.69, 9.17) is 5.73 Å². The smallest absolute Gasteiger partial charge is 0.163 e. The van der Waals surface area contributed by atoms with Crippen LogP contribution in [-0.2, 0) is 13.6 Å². The predicted octanol–water partition coefficient (Wildman–Crippen LogP) is 0.494. The van der Waals surface area contributed by atoms with Gasteiger partial charge in [0.1, 0.15) is 11.6 Å². The Balaban J connectivity index is 1.89. The predicted molar refractivity (Wildman–Crippen MR) is 73.3 cm³/mol. The lowest BCUT2D eigenvalue weighted by molar-refractivity contribution is 0.287. The fourth-order valence-corrected chi connectivity index (χ4v) is 3.10. The Kier molecular flexibility index (Phi) is 3.09. The molecule has 6 nitrogen and oxygen atoms in total. The minimum atomic E-state index is 0.523. The van der Waals surface area contributed by atoms with Crippen LogP contribution in [0.15, 0.2) is 6.20 Å². The second-order valence-corrected chi connectivity index (χ2v) is 5.64. The average Bonchev–Trinajstić information content (AvgIpc) is 2.73. The van der Waals surface area contributed by atoms with Crippen molar-refractivity contribution in [2.45, 2.75) is 6.54 Å². The number of aromatic nitrogens is 4. The molecule has 0 aromatic carbocycles. The molecule has 0 atom stereocenters. The molecule has 0 radical (unpaired) electrons. The monoisotopic (exact) mass is 264 g/mol. The molecular formula is C11H16N6S. The number of nitrogens with zero attached hydrogens (tertiary/aromatic N) is 5. The summed E-state index contributed by atoms with van der Waals surface area (Å²) in [7, 11) is 1.87. The van der Waals surface area contributed by atoms with Crippen molar-refractivity contribution in [2.75, 3.05) is 30.3 Å². The highest BCUT2D eigenvalue weighted by atomic mass is 32.2. The second-order valence-electron chi connectivity index (χ2n) is 4.42. The summed E-state index contributed by atoms with van der Waals surface area (Å²) in [6, 6.07) is 0. The van der Waals surface area contributed by atoms with Crippen molar-refractivity contribution in [3.8, 4) is 0 Å². The molecule has 96 valence electrons. The number of nitrogen functional groups attached to an aromatic ring is 1. The third-order valence-electron chi connectivity index (χ3n) is 3.14. The Labute approximate surface area is 110 Å². The molecule has 0 saturated carbocycles. The third-order valence-corrected chi connectivity index (χ3v) is 4.08. The summed E-state index contributed by atoms with van der Waals surface area (Å²) >= 11 is 2.00. The topological polar surface area (TPSA) is 72.9 Å². The number of hydrogen-bond acceptors (Lipinski definition) is 6. The first-order valence-electron chi connectivity index (χ1n) is 5.98. The largest absolute Gasteiger partial charge is 0.383 e. The van der Waals surface area contributed by atoms with Crippen molar-refractivity contribution in [3.05, 3.63) is 12.0 Å². The van der Waals surface area contributed by atoms with E-state index in [1.165, 1.54) is 11.5 Å². The molecule has 0 bridgehead atoms. The van der Waals surface area contributed by atoms with E-state index in [0.717, 1.165) is 36.5 Å². The van der Waals surface area contributed by atoms with E-state index in [2.05, 4.69) is 20.0 Å². The molecule has 0 aliphatic carbocycles. The molecule has 7 heteroatoms. The van der Waals surface area contributed by atoms with Gasteiger partial charge in [0.05, 0.1) is 18.1 Å². The summed E-state index contributed by atoms with van der Waals surface area (Å²) < 4.78 is 1.74. The van der Waals surface area contributed by atoms with E-state index in [0.29, 0.717) is 5.82 Å². The molecule has 0 spiro atoms. The van der Waals surface area contributed by atoms with Crippen molar-refractivity contribution in [2.24, 2.45) is 7.05 Å². The SMILES string of the molecule is Cn1ncc2c(N)nc(CN3CCSCC3)nc21. The number of nitrogens with two attached hydrogens (primary N) is 1. The van der Waals surface area contributed by atoms with Crippen molar-refractivity contribution in [3.63, 3.8) is 0 Å².